The molecular weight excluding hydrogens is 290 g/mol. The van der Waals surface area contributed by atoms with Crippen molar-refractivity contribution in [3.05, 3.63) is 71.3 Å². The van der Waals surface area contributed by atoms with Crippen LogP contribution < -0.4 is 0 Å². The summed E-state index contributed by atoms with van der Waals surface area (Å²) in [4.78, 5) is 13.3. The van der Waals surface area contributed by atoms with Gasteiger partial charge in [0.2, 0.25) is 0 Å². The van der Waals surface area contributed by atoms with Crippen LogP contribution in [-0.4, -0.2) is 41.8 Å². The van der Waals surface area contributed by atoms with Crippen molar-refractivity contribution >= 4 is 5.97 Å². The molecular formula is C19H21NO3. The number of aromatic carboxylic acids is 1. The zero-order valence-corrected chi connectivity index (χ0v) is 13.0. The van der Waals surface area contributed by atoms with Gasteiger partial charge in [0.25, 0.3) is 0 Å². The van der Waals surface area contributed by atoms with Crippen molar-refractivity contribution in [2.45, 2.75) is 19.1 Å². The smallest absolute Gasteiger partial charge is 0.335 e. The zero-order valence-electron chi connectivity index (χ0n) is 13.0. The molecule has 3 rings (SSSR count). The SMILES string of the molecule is O=C(O)c1ccc(CN2CCO[C@H](Cc3ccccc3)C2)cc1. The molecule has 4 nitrogen and oxygen atoms in total. The summed E-state index contributed by atoms with van der Waals surface area (Å²) in [6.07, 6.45) is 1.14. The highest BCUT2D eigenvalue weighted by Crippen LogP contribution is 2.15. The van der Waals surface area contributed by atoms with E-state index in [4.69, 9.17) is 9.84 Å². The van der Waals surface area contributed by atoms with E-state index < -0.39 is 5.97 Å². The van der Waals surface area contributed by atoms with E-state index in [1.54, 1.807) is 12.1 Å². The number of hydrogen-bond acceptors (Lipinski definition) is 3. The Morgan fingerprint density at radius 2 is 1.83 bits per heavy atom. The molecule has 4 heteroatoms. The number of hydrogen-bond donors (Lipinski definition) is 1. The van der Waals surface area contributed by atoms with E-state index in [2.05, 4.69) is 29.2 Å². The maximum atomic E-state index is 10.9. The number of benzene rings is 2. The van der Waals surface area contributed by atoms with Gasteiger partial charge in [0, 0.05) is 19.6 Å². The first kappa shape index (κ1) is 15.7. The molecule has 0 saturated carbocycles. The van der Waals surface area contributed by atoms with Crippen LogP contribution in [0.1, 0.15) is 21.5 Å². The first-order valence-corrected chi connectivity index (χ1v) is 7.91. The summed E-state index contributed by atoms with van der Waals surface area (Å²) in [5.41, 5.74) is 2.76. The molecule has 1 heterocycles. The van der Waals surface area contributed by atoms with E-state index in [0.29, 0.717) is 5.56 Å². The van der Waals surface area contributed by atoms with Gasteiger partial charge < -0.3 is 9.84 Å². The van der Waals surface area contributed by atoms with Gasteiger partial charge in [-0.15, -0.1) is 0 Å². The lowest BCUT2D eigenvalue weighted by molar-refractivity contribution is -0.0304. The van der Waals surface area contributed by atoms with E-state index in [1.807, 2.05) is 18.2 Å². The molecule has 0 unspecified atom stereocenters. The Balaban J connectivity index is 1.57. The summed E-state index contributed by atoms with van der Waals surface area (Å²) < 4.78 is 5.88. The molecule has 1 saturated heterocycles. The van der Waals surface area contributed by atoms with E-state index in [9.17, 15) is 4.79 Å². The van der Waals surface area contributed by atoms with E-state index in [-0.39, 0.29) is 6.10 Å². The Kier molecular flexibility index (Phi) is 5.05. The number of morpholine rings is 1. The maximum absolute atomic E-state index is 10.9. The fraction of sp³-hybridized carbons (Fsp3) is 0.316. The Morgan fingerprint density at radius 3 is 2.52 bits per heavy atom. The average molecular weight is 311 g/mol. The van der Waals surface area contributed by atoms with Crippen LogP contribution in [0.4, 0.5) is 0 Å². The van der Waals surface area contributed by atoms with Crippen LogP contribution in [0.15, 0.2) is 54.6 Å². The van der Waals surface area contributed by atoms with Gasteiger partial charge >= 0.3 is 5.97 Å². The molecule has 2 aromatic rings. The van der Waals surface area contributed by atoms with Crippen LogP contribution in [-0.2, 0) is 17.7 Å². The standard InChI is InChI=1S/C19H21NO3/c21-19(22)17-8-6-16(7-9-17)13-20-10-11-23-18(14-20)12-15-4-2-1-3-5-15/h1-9,18H,10-14H2,(H,21,22)/t18-/m1/s1. The Morgan fingerprint density at radius 1 is 1.09 bits per heavy atom. The van der Waals surface area contributed by atoms with Crippen LogP contribution in [0.25, 0.3) is 0 Å². The van der Waals surface area contributed by atoms with Crippen LogP contribution in [0, 0.1) is 0 Å². The number of carboxylic acid groups (broad SMARTS) is 1. The molecule has 0 radical (unpaired) electrons. The van der Waals surface area contributed by atoms with Gasteiger partial charge in [0.1, 0.15) is 0 Å². The summed E-state index contributed by atoms with van der Waals surface area (Å²) in [7, 11) is 0. The second-order valence-corrected chi connectivity index (χ2v) is 5.92. The summed E-state index contributed by atoms with van der Waals surface area (Å²) in [5.74, 6) is -0.883. The van der Waals surface area contributed by atoms with E-state index in [0.717, 1.165) is 38.2 Å². The van der Waals surface area contributed by atoms with Crippen molar-refractivity contribution in [2.75, 3.05) is 19.7 Å². The summed E-state index contributed by atoms with van der Waals surface area (Å²) >= 11 is 0. The summed E-state index contributed by atoms with van der Waals surface area (Å²) in [6.45, 7) is 3.38. The lowest BCUT2D eigenvalue weighted by Crippen LogP contribution is -2.42. The highest BCUT2D eigenvalue weighted by Gasteiger charge is 2.20. The Bertz CT molecular complexity index is 639. The third-order valence-corrected chi connectivity index (χ3v) is 4.14. The largest absolute Gasteiger partial charge is 0.478 e. The summed E-state index contributed by atoms with van der Waals surface area (Å²) in [5, 5.41) is 8.95. The maximum Gasteiger partial charge on any atom is 0.335 e. The predicted molar refractivity (Wildman–Crippen MR) is 88.6 cm³/mol. The van der Waals surface area contributed by atoms with Gasteiger partial charge in [-0.05, 0) is 29.7 Å². The van der Waals surface area contributed by atoms with Crippen molar-refractivity contribution in [3.63, 3.8) is 0 Å². The van der Waals surface area contributed by atoms with Crippen LogP contribution in [0.5, 0.6) is 0 Å². The minimum absolute atomic E-state index is 0.212. The topological polar surface area (TPSA) is 49.8 Å². The number of ether oxygens (including phenoxy) is 1. The highest BCUT2D eigenvalue weighted by molar-refractivity contribution is 5.87. The van der Waals surface area contributed by atoms with Crippen molar-refractivity contribution in [1.29, 1.82) is 0 Å². The summed E-state index contributed by atoms with van der Waals surface area (Å²) in [6, 6.07) is 17.5. The quantitative estimate of drug-likeness (QED) is 0.922. The molecule has 120 valence electrons. The second kappa shape index (κ2) is 7.40. The van der Waals surface area contributed by atoms with Gasteiger partial charge in [0.15, 0.2) is 0 Å². The van der Waals surface area contributed by atoms with Crippen molar-refractivity contribution in [3.8, 4) is 0 Å². The van der Waals surface area contributed by atoms with Gasteiger partial charge in [-0.3, -0.25) is 4.90 Å². The lowest BCUT2D eigenvalue weighted by atomic mass is 10.1. The fourth-order valence-electron chi connectivity index (χ4n) is 2.94. The normalized spacial score (nSPS) is 18.7. The minimum atomic E-state index is -0.883. The molecule has 1 fully saturated rings. The minimum Gasteiger partial charge on any atom is -0.478 e. The molecule has 1 aliphatic heterocycles. The number of rotatable bonds is 5. The van der Waals surface area contributed by atoms with Gasteiger partial charge in [0.05, 0.1) is 18.3 Å². The van der Waals surface area contributed by atoms with E-state index in [1.165, 1.54) is 5.56 Å². The van der Waals surface area contributed by atoms with Crippen LogP contribution in [0.3, 0.4) is 0 Å². The zero-order chi connectivity index (χ0) is 16.1. The fourth-order valence-corrected chi connectivity index (χ4v) is 2.94. The molecule has 0 amide bonds. The number of carboxylic acids is 1. The molecule has 1 N–H and O–H groups in total. The molecule has 0 aliphatic carbocycles. The second-order valence-electron chi connectivity index (χ2n) is 5.92. The van der Waals surface area contributed by atoms with Gasteiger partial charge in [-0.1, -0.05) is 42.5 Å². The average Bonchev–Trinajstić information content (AvgIpc) is 2.57. The predicted octanol–water partition coefficient (Wildman–Crippen LogP) is 2.83. The molecule has 23 heavy (non-hydrogen) atoms. The highest BCUT2D eigenvalue weighted by atomic mass is 16.5. The Hall–Kier alpha value is -2.17. The number of nitrogens with zero attached hydrogens (tertiary/aromatic N) is 1. The molecule has 2 aromatic carbocycles. The van der Waals surface area contributed by atoms with E-state index >= 15 is 0 Å². The third-order valence-electron chi connectivity index (χ3n) is 4.14. The first-order valence-electron chi connectivity index (χ1n) is 7.91. The van der Waals surface area contributed by atoms with Crippen molar-refractivity contribution in [2.24, 2.45) is 0 Å². The van der Waals surface area contributed by atoms with Crippen molar-refractivity contribution < 1.29 is 14.6 Å². The lowest BCUT2D eigenvalue weighted by Gasteiger charge is -2.33. The molecule has 0 aromatic heterocycles. The molecule has 1 atom stereocenters. The van der Waals surface area contributed by atoms with Gasteiger partial charge in [-0.25, -0.2) is 4.79 Å². The Labute approximate surface area is 136 Å². The molecule has 0 spiro atoms. The van der Waals surface area contributed by atoms with Crippen LogP contribution >= 0.6 is 0 Å². The monoisotopic (exact) mass is 311 g/mol. The number of carbonyl (C=O) groups is 1. The molecule has 1 aliphatic rings. The van der Waals surface area contributed by atoms with Crippen molar-refractivity contribution in [1.82, 2.24) is 4.90 Å². The third kappa shape index (κ3) is 4.41. The van der Waals surface area contributed by atoms with Gasteiger partial charge in [-0.2, -0.15) is 0 Å². The van der Waals surface area contributed by atoms with Crippen LogP contribution in [0.2, 0.25) is 0 Å². The molecule has 0 bridgehead atoms. The first-order chi connectivity index (χ1) is 11.2.